The quantitative estimate of drug-likeness (QED) is 0.644. The molecule has 0 fully saturated rings. The van der Waals surface area contributed by atoms with Gasteiger partial charge in [-0.1, -0.05) is 38.3 Å². The number of hydrogen-bond acceptors (Lipinski definition) is 1. The van der Waals surface area contributed by atoms with Crippen LogP contribution in [0.2, 0.25) is 0 Å². The van der Waals surface area contributed by atoms with Gasteiger partial charge in [0, 0.05) is 6.42 Å². The van der Waals surface area contributed by atoms with E-state index in [-0.39, 0.29) is 0 Å². The number of nitrogens with one attached hydrogen (secondary N) is 1. The molecule has 0 radical (unpaired) electrons. The summed E-state index contributed by atoms with van der Waals surface area (Å²) in [4.78, 5) is 0. The van der Waals surface area contributed by atoms with Gasteiger partial charge in [-0.15, -0.1) is 0 Å². The molecular weight excluding hydrogens is 234 g/mol. The lowest BCUT2D eigenvalue weighted by molar-refractivity contribution is -0.661. The maximum Gasteiger partial charge on any atom is 0.358 e. The van der Waals surface area contributed by atoms with E-state index in [4.69, 9.17) is 0 Å². The van der Waals surface area contributed by atoms with Crippen molar-refractivity contribution in [2.24, 2.45) is 0 Å². The predicted octanol–water partition coefficient (Wildman–Crippen LogP) is 3.32. The van der Waals surface area contributed by atoms with Crippen LogP contribution in [-0.4, -0.2) is 11.1 Å². The number of nitrogens with zero attached hydrogens (tertiary/aromatic N) is 2. The zero-order valence-electron chi connectivity index (χ0n) is 11.9. The Kier molecular flexibility index (Phi) is 3.72. The molecule has 0 amide bonds. The van der Waals surface area contributed by atoms with Gasteiger partial charge < -0.3 is 0 Å². The third-order valence-electron chi connectivity index (χ3n) is 4.05. The summed E-state index contributed by atoms with van der Waals surface area (Å²) in [5, 5.41) is 3.59. The molecule has 1 aliphatic heterocycles. The van der Waals surface area contributed by atoms with Crippen LogP contribution in [0.1, 0.15) is 39.0 Å². The number of aromatic nitrogens is 2. The van der Waals surface area contributed by atoms with E-state index in [0.29, 0.717) is 0 Å². The number of rotatable bonds is 5. The summed E-state index contributed by atoms with van der Waals surface area (Å²) in [6.07, 6.45) is 6.49. The fraction of sp³-hybridized carbons (Fsp3) is 0.562. The Bertz CT molecular complexity index is 556. The van der Waals surface area contributed by atoms with Crippen molar-refractivity contribution in [3.05, 3.63) is 24.3 Å². The number of anilines is 1. The lowest BCUT2D eigenvalue weighted by Gasteiger charge is -2.11. The lowest BCUT2D eigenvalue weighted by atomic mass is 10.2. The van der Waals surface area contributed by atoms with Crippen molar-refractivity contribution in [3.63, 3.8) is 0 Å². The lowest BCUT2D eigenvalue weighted by Crippen LogP contribution is -2.41. The van der Waals surface area contributed by atoms with Crippen LogP contribution in [0.25, 0.3) is 11.0 Å². The monoisotopic (exact) mass is 258 g/mol. The normalized spacial score (nSPS) is 14.4. The van der Waals surface area contributed by atoms with Gasteiger partial charge in [-0.25, -0.2) is 9.13 Å². The average Bonchev–Trinajstić information content (AvgIpc) is 2.78. The van der Waals surface area contributed by atoms with Crippen LogP contribution in [0.15, 0.2) is 24.3 Å². The van der Waals surface area contributed by atoms with E-state index < -0.39 is 0 Å². The molecule has 3 heteroatoms. The SMILES string of the molecule is CCCCCCn1c2[n+](c3ccccc31)CCCN2. The minimum atomic E-state index is 1.10. The first-order chi connectivity index (χ1) is 9.42. The summed E-state index contributed by atoms with van der Waals surface area (Å²) >= 11 is 0. The Morgan fingerprint density at radius 3 is 3.00 bits per heavy atom. The minimum absolute atomic E-state index is 1.10. The first kappa shape index (κ1) is 12.5. The van der Waals surface area contributed by atoms with Gasteiger partial charge in [0.05, 0.1) is 19.6 Å². The summed E-state index contributed by atoms with van der Waals surface area (Å²) in [6, 6.07) is 8.79. The highest BCUT2D eigenvalue weighted by Gasteiger charge is 2.25. The first-order valence-corrected chi connectivity index (χ1v) is 7.66. The molecular formula is C16H24N3+. The van der Waals surface area contributed by atoms with Gasteiger partial charge in [-0.3, -0.25) is 5.32 Å². The highest BCUT2D eigenvalue weighted by Crippen LogP contribution is 2.21. The van der Waals surface area contributed by atoms with Gasteiger partial charge in [0.25, 0.3) is 0 Å². The molecule has 3 rings (SSSR count). The Morgan fingerprint density at radius 2 is 2.11 bits per heavy atom. The van der Waals surface area contributed by atoms with Gasteiger partial charge in [0.2, 0.25) is 0 Å². The molecule has 102 valence electrons. The van der Waals surface area contributed by atoms with Crippen molar-refractivity contribution < 1.29 is 4.57 Å². The number of hydrogen-bond donors (Lipinski definition) is 1. The van der Waals surface area contributed by atoms with E-state index in [9.17, 15) is 0 Å². The van der Waals surface area contributed by atoms with Gasteiger partial charge in [-0.2, -0.15) is 0 Å². The summed E-state index contributed by atoms with van der Waals surface area (Å²) < 4.78 is 4.92. The second kappa shape index (κ2) is 5.64. The second-order valence-electron chi connectivity index (χ2n) is 5.46. The molecule has 1 aromatic heterocycles. The molecule has 1 aromatic carbocycles. The molecule has 3 nitrogen and oxygen atoms in total. The zero-order chi connectivity index (χ0) is 13.1. The summed E-state index contributed by atoms with van der Waals surface area (Å²) in [6.45, 7) is 5.65. The maximum absolute atomic E-state index is 3.59. The number of imidazole rings is 1. The van der Waals surface area contributed by atoms with E-state index in [1.165, 1.54) is 49.1 Å². The zero-order valence-corrected chi connectivity index (χ0v) is 11.9. The van der Waals surface area contributed by atoms with Crippen molar-refractivity contribution in [1.29, 1.82) is 0 Å². The van der Waals surface area contributed by atoms with Crippen LogP contribution in [-0.2, 0) is 13.1 Å². The molecule has 0 saturated heterocycles. The van der Waals surface area contributed by atoms with Crippen LogP contribution in [0.5, 0.6) is 0 Å². The van der Waals surface area contributed by atoms with Crippen LogP contribution < -0.4 is 9.88 Å². The topological polar surface area (TPSA) is 20.8 Å². The van der Waals surface area contributed by atoms with E-state index in [0.717, 1.165) is 19.6 Å². The number of para-hydroxylation sites is 2. The van der Waals surface area contributed by atoms with Gasteiger partial charge >= 0.3 is 5.95 Å². The number of unbranched alkanes of at least 4 members (excludes halogenated alkanes) is 3. The molecule has 2 heterocycles. The van der Waals surface area contributed by atoms with Crippen LogP contribution in [0.4, 0.5) is 5.95 Å². The number of benzene rings is 1. The maximum atomic E-state index is 3.59. The Balaban J connectivity index is 1.93. The minimum Gasteiger partial charge on any atom is -0.277 e. The molecule has 1 aliphatic rings. The molecule has 0 atom stereocenters. The van der Waals surface area contributed by atoms with E-state index in [1.54, 1.807) is 0 Å². The van der Waals surface area contributed by atoms with E-state index >= 15 is 0 Å². The van der Waals surface area contributed by atoms with Crippen molar-refractivity contribution in [2.75, 3.05) is 11.9 Å². The summed E-state index contributed by atoms with van der Waals surface area (Å²) in [5.74, 6) is 1.31. The highest BCUT2D eigenvalue weighted by molar-refractivity contribution is 5.74. The fourth-order valence-corrected chi connectivity index (χ4v) is 3.07. The fourth-order valence-electron chi connectivity index (χ4n) is 3.07. The summed E-state index contributed by atoms with van der Waals surface area (Å²) in [7, 11) is 0. The average molecular weight is 258 g/mol. The van der Waals surface area contributed by atoms with E-state index in [2.05, 4.69) is 45.6 Å². The molecule has 0 aliphatic carbocycles. The molecule has 19 heavy (non-hydrogen) atoms. The molecule has 0 bridgehead atoms. The van der Waals surface area contributed by atoms with Crippen molar-refractivity contribution in [1.82, 2.24) is 4.57 Å². The molecule has 0 saturated carbocycles. The van der Waals surface area contributed by atoms with Crippen LogP contribution in [0, 0.1) is 0 Å². The third-order valence-corrected chi connectivity index (χ3v) is 4.05. The van der Waals surface area contributed by atoms with Gasteiger partial charge in [0.1, 0.15) is 11.0 Å². The third kappa shape index (κ3) is 2.34. The standard InChI is InChI=1S/C16H23N3/c1-2-3-4-7-12-18-14-9-5-6-10-15(14)19-13-8-11-17-16(18)19/h5-6,9-10H,2-4,7-8,11-13H2,1H3/p+1. The first-order valence-electron chi connectivity index (χ1n) is 7.66. The predicted molar refractivity (Wildman–Crippen MR) is 79.4 cm³/mol. The Morgan fingerprint density at radius 1 is 1.21 bits per heavy atom. The molecule has 1 N–H and O–H groups in total. The largest absolute Gasteiger partial charge is 0.358 e. The van der Waals surface area contributed by atoms with Gasteiger partial charge in [0.15, 0.2) is 0 Å². The molecule has 2 aromatic rings. The van der Waals surface area contributed by atoms with Gasteiger partial charge in [-0.05, 0) is 18.6 Å². The smallest absolute Gasteiger partial charge is 0.277 e. The Labute approximate surface area is 115 Å². The van der Waals surface area contributed by atoms with Crippen LogP contribution >= 0.6 is 0 Å². The second-order valence-corrected chi connectivity index (χ2v) is 5.46. The Hall–Kier alpha value is -1.51. The highest BCUT2D eigenvalue weighted by atomic mass is 15.3. The van der Waals surface area contributed by atoms with Crippen molar-refractivity contribution in [3.8, 4) is 0 Å². The van der Waals surface area contributed by atoms with Crippen molar-refractivity contribution >= 4 is 17.0 Å². The van der Waals surface area contributed by atoms with Crippen LogP contribution in [0.3, 0.4) is 0 Å². The molecule has 0 unspecified atom stereocenters. The number of aryl methyl sites for hydroxylation is 2. The summed E-state index contributed by atoms with van der Waals surface area (Å²) in [5.41, 5.74) is 2.75. The van der Waals surface area contributed by atoms with E-state index in [1.807, 2.05) is 0 Å². The number of fused-ring (bicyclic) bond motifs is 3. The van der Waals surface area contributed by atoms with Crippen molar-refractivity contribution in [2.45, 2.75) is 52.1 Å². The molecule has 0 spiro atoms.